The zero-order valence-electron chi connectivity index (χ0n) is 16.1. The highest BCUT2D eigenvalue weighted by Gasteiger charge is 2.16. The van der Waals surface area contributed by atoms with E-state index in [1.165, 1.54) is 24.4 Å². The third-order valence-corrected chi connectivity index (χ3v) is 5.22. The van der Waals surface area contributed by atoms with E-state index >= 15 is 0 Å². The van der Waals surface area contributed by atoms with Gasteiger partial charge in [0, 0.05) is 31.0 Å². The molecule has 0 aliphatic rings. The van der Waals surface area contributed by atoms with Crippen LogP contribution in [0.3, 0.4) is 0 Å². The van der Waals surface area contributed by atoms with Crippen molar-refractivity contribution in [2.75, 3.05) is 18.4 Å². The molecule has 0 atom stereocenters. The van der Waals surface area contributed by atoms with E-state index in [1.54, 1.807) is 31.3 Å². The van der Waals surface area contributed by atoms with E-state index < -0.39 is 11.7 Å². The van der Waals surface area contributed by atoms with Gasteiger partial charge in [0.05, 0.1) is 15.4 Å². The highest BCUT2D eigenvalue weighted by Crippen LogP contribution is 2.27. The van der Waals surface area contributed by atoms with Gasteiger partial charge < -0.3 is 16.0 Å². The number of carbonyl (C=O) groups excluding carboxylic acids is 3. The van der Waals surface area contributed by atoms with Gasteiger partial charge in [0.25, 0.3) is 17.7 Å². The number of aromatic nitrogens is 1. The Kier molecular flexibility index (Phi) is 6.87. The van der Waals surface area contributed by atoms with E-state index in [9.17, 15) is 18.8 Å². The van der Waals surface area contributed by atoms with Crippen LogP contribution in [0.25, 0.3) is 0 Å². The van der Waals surface area contributed by atoms with Gasteiger partial charge in [0.15, 0.2) is 0 Å². The zero-order chi connectivity index (χ0) is 21.5. The molecule has 154 valence electrons. The van der Waals surface area contributed by atoms with Crippen molar-refractivity contribution >= 4 is 34.1 Å². The first-order valence-corrected chi connectivity index (χ1v) is 9.89. The Bertz CT molecular complexity index is 1070. The summed E-state index contributed by atoms with van der Waals surface area (Å²) in [5, 5.41) is 8.58. The van der Waals surface area contributed by atoms with Gasteiger partial charge in [0.1, 0.15) is 5.82 Å². The summed E-state index contributed by atoms with van der Waals surface area (Å²) in [5.74, 6) is -1.53. The molecular formula is C21H19FN4O3S. The summed E-state index contributed by atoms with van der Waals surface area (Å²) in [5.41, 5.74) is 1.33. The number of hydrogen-bond donors (Lipinski definition) is 3. The van der Waals surface area contributed by atoms with Gasteiger partial charge in [-0.1, -0.05) is 6.07 Å². The van der Waals surface area contributed by atoms with Crippen molar-refractivity contribution in [3.63, 3.8) is 0 Å². The van der Waals surface area contributed by atoms with Crippen molar-refractivity contribution < 1.29 is 18.8 Å². The fourth-order valence-electron chi connectivity index (χ4n) is 2.61. The fourth-order valence-corrected chi connectivity index (χ4v) is 3.60. The number of nitrogens with zero attached hydrogens (tertiary/aromatic N) is 1. The standard InChI is InChI=1S/C21H19FN4O3S/c1-13-10-17(26-20(28)14-4-2-6-16(22)11-14)30-18(13)21(29)25-9-8-24-19(27)15-5-3-7-23-12-15/h2-7,10-12H,8-9H2,1H3,(H,24,27)(H,25,29)(H,26,28). The lowest BCUT2D eigenvalue weighted by Crippen LogP contribution is -2.34. The molecule has 0 saturated carbocycles. The first kappa shape index (κ1) is 21.1. The van der Waals surface area contributed by atoms with Crippen molar-refractivity contribution in [3.8, 4) is 0 Å². The maximum Gasteiger partial charge on any atom is 0.261 e. The van der Waals surface area contributed by atoms with E-state index in [4.69, 9.17) is 0 Å². The molecule has 3 aromatic rings. The van der Waals surface area contributed by atoms with Crippen molar-refractivity contribution in [1.82, 2.24) is 15.6 Å². The van der Waals surface area contributed by atoms with Crippen molar-refractivity contribution in [2.24, 2.45) is 0 Å². The van der Waals surface area contributed by atoms with Crippen LogP contribution in [-0.4, -0.2) is 35.8 Å². The molecule has 9 heteroatoms. The lowest BCUT2D eigenvalue weighted by atomic mass is 10.2. The van der Waals surface area contributed by atoms with Crippen LogP contribution in [-0.2, 0) is 0 Å². The first-order chi connectivity index (χ1) is 14.4. The maximum absolute atomic E-state index is 13.3. The molecule has 0 radical (unpaired) electrons. The molecule has 0 aliphatic carbocycles. The number of thiophene rings is 1. The van der Waals surface area contributed by atoms with Crippen LogP contribution < -0.4 is 16.0 Å². The molecule has 0 saturated heterocycles. The minimum absolute atomic E-state index is 0.191. The molecule has 3 rings (SSSR count). The Labute approximate surface area is 176 Å². The number of carbonyl (C=O) groups is 3. The smallest absolute Gasteiger partial charge is 0.261 e. The van der Waals surface area contributed by atoms with Crippen LogP contribution >= 0.6 is 11.3 Å². The molecule has 3 amide bonds. The van der Waals surface area contributed by atoms with E-state index in [1.807, 2.05) is 0 Å². The van der Waals surface area contributed by atoms with E-state index in [0.717, 1.165) is 17.4 Å². The number of pyridine rings is 1. The molecule has 2 aromatic heterocycles. The number of aryl methyl sites for hydroxylation is 1. The molecule has 0 fully saturated rings. The van der Waals surface area contributed by atoms with Gasteiger partial charge in [-0.2, -0.15) is 0 Å². The quantitative estimate of drug-likeness (QED) is 0.506. The summed E-state index contributed by atoms with van der Waals surface area (Å²) in [6, 6.07) is 10.4. The Balaban J connectivity index is 1.51. The van der Waals surface area contributed by atoms with E-state index in [2.05, 4.69) is 20.9 Å². The molecule has 30 heavy (non-hydrogen) atoms. The summed E-state index contributed by atoms with van der Waals surface area (Å²) < 4.78 is 13.3. The van der Waals surface area contributed by atoms with Gasteiger partial charge in [0.2, 0.25) is 0 Å². The van der Waals surface area contributed by atoms with E-state index in [-0.39, 0.29) is 30.5 Å². The summed E-state index contributed by atoms with van der Waals surface area (Å²) in [4.78, 5) is 40.9. The molecule has 7 nitrogen and oxygen atoms in total. The van der Waals surface area contributed by atoms with Crippen molar-refractivity contribution in [1.29, 1.82) is 0 Å². The summed E-state index contributed by atoms with van der Waals surface area (Å²) in [6.07, 6.45) is 3.04. The number of nitrogens with one attached hydrogen (secondary N) is 3. The molecule has 3 N–H and O–H groups in total. The predicted molar refractivity (Wildman–Crippen MR) is 112 cm³/mol. The Hall–Kier alpha value is -3.59. The lowest BCUT2D eigenvalue weighted by molar-refractivity contribution is 0.0929. The van der Waals surface area contributed by atoms with Crippen molar-refractivity contribution in [2.45, 2.75) is 6.92 Å². The number of hydrogen-bond acceptors (Lipinski definition) is 5. The second kappa shape index (κ2) is 9.75. The molecule has 1 aromatic carbocycles. The normalized spacial score (nSPS) is 10.3. The molecular weight excluding hydrogens is 407 g/mol. The zero-order valence-corrected chi connectivity index (χ0v) is 16.9. The summed E-state index contributed by atoms with van der Waals surface area (Å²) >= 11 is 1.12. The maximum atomic E-state index is 13.3. The van der Waals surface area contributed by atoms with Gasteiger partial charge in [-0.3, -0.25) is 19.4 Å². The minimum atomic E-state index is -0.499. The van der Waals surface area contributed by atoms with Crippen LogP contribution in [0.4, 0.5) is 9.39 Å². The number of halogens is 1. The van der Waals surface area contributed by atoms with Gasteiger partial charge in [-0.25, -0.2) is 4.39 Å². The minimum Gasteiger partial charge on any atom is -0.350 e. The van der Waals surface area contributed by atoms with Crippen LogP contribution in [0.2, 0.25) is 0 Å². The third-order valence-electron chi connectivity index (χ3n) is 4.07. The van der Waals surface area contributed by atoms with Gasteiger partial charge in [-0.15, -0.1) is 11.3 Å². The average Bonchev–Trinajstić information content (AvgIpc) is 3.11. The van der Waals surface area contributed by atoms with Crippen LogP contribution in [0.15, 0.2) is 54.9 Å². The lowest BCUT2D eigenvalue weighted by Gasteiger charge is -2.06. The molecule has 0 unspecified atom stereocenters. The Morgan fingerprint density at radius 3 is 2.40 bits per heavy atom. The number of anilines is 1. The molecule has 0 spiro atoms. The van der Waals surface area contributed by atoms with Crippen molar-refractivity contribution in [3.05, 3.63) is 82.2 Å². The molecule has 0 bridgehead atoms. The van der Waals surface area contributed by atoms with Gasteiger partial charge in [-0.05, 0) is 48.9 Å². The van der Waals surface area contributed by atoms with Crippen LogP contribution in [0.1, 0.15) is 36.0 Å². The van der Waals surface area contributed by atoms with Gasteiger partial charge >= 0.3 is 0 Å². The second-order valence-corrected chi connectivity index (χ2v) is 7.39. The highest BCUT2D eigenvalue weighted by atomic mass is 32.1. The Morgan fingerprint density at radius 2 is 1.70 bits per heavy atom. The number of amides is 3. The fraction of sp³-hybridized carbons (Fsp3) is 0.143. The highest BCUT2D eigenvalue weighted by molar-refractivity contribution is 7.18. The predicted octanol–water partition coefficient (Wildman–Crippen LogP) is 3.00. The van der Waals surface area contributed by atoms with Crippen LogP contribution in [0, 0.1) is 12.7 Å². The largest absolute Gasteiger partial charge is 0.350 e. The summed E-state index contributed by atoms with van der Waals surface area (Å²) in [7, 11) is 0. The number of benzene rings is 1. The SMILES string of the molecule is Cc1cc(NC(=O)c2cccc(F)c2)sc1C(=O)NCCNC(=O)c1cccnc1. The van der Waals surface area contributed by atoms with Crippen LogP contribution in [0.5, 0.6) is 0 Å². The monoisotopic (exact) mass is 426 g/mol. The molecule has 0 aliphatic heterocycles. The second-order valence-electron chi connectivity index (χ2n) is 6.34. The topological polar surface area (TPSA) is 100 Å². The van der Waals surface area contributed by atoms with E-state index in [0.29, 0.717) is 21.0 Å². The summed E-state index contributed by atoms with van der Waals surface area (Å²) in [6.45, 7) is 2.26. The molecule has 2 heterocycles. The third kappa shape index (κ3) is 5.48. The average molecular weight is 426 g/mol. The number of rotatable bonds is 7. The Morgan fingerprint density at radius 1 is 0.967 bits per heavy atom. The first-order valence-electron chi connectivity index (χ1n) is 9.08.